The lowest BCUT2D eigenvalue weighted by molar-refractivity contribution is -0.142. The summed E-state index contributed by atoms with van der Waals surface area (Å²) in [5.41, 5.74) is 18.0. The summed E-state index contributed by atoms with van der Waals surface area (Å²) in [4.78, 5) is 171. The summed E-state index contributed by atoms with van der Waals surface area (Å²) in [6.07, 6.45) is -0.471. The molecule has 2 saturated heterocycles. The van der Waals surface area contributed by atoms with Gasteiger partial charge in [-0.3, -0.25) is 62.5 Å². The summed E-state index contributed by atoms with van der Waals surface area (Å²) in [6, 6.07) is 10.5. The number of nitrogens with one attached hydrogen (secondary N) is 10. The number of aromatic hydroxyl groups is 1. The van der Waals surface area contributed by atoms with Crippen LogP contribution >= 0.6 is 11.6 Å². The number of aliphatic hydroxyl groups is 1. The van der Waals surface area contributed by atoms with Crippen LogP contribution in [-0.4, -0.2) is 179 Å². The van der Waals surface area contributed by atoms with Crippen LogP contribution in [0.2, 0.25) is 5.02 Å². The lowest BCUT2D eigenvalue weighted by atomic mass is 9.98. The van der Waals surface area contributed by atoms with Gasteiger partial charge in [-0.25, -0.2) is 0 Å². The van der Waals surface area contributed by atoms with Gasteiger partial charge in [0.25, 0.3) is 0 Å². The molecular weight excluding hydrogens is 1230 g/mol. The van der Waals surface area contributed by atoms with Crippen LogP contribution in [0.3, 0.4) is 0 Å². The molecule has 93 heavy (non-hydrogen) atoms. The van der Waals surface area contributed by atoms with E-state index < -0.39 is 151 Å². The van der Waals surface area contributed by atoms with E-state index in [1.165, 1.54) is 36.1 Å². The quantitative estimate of drug-likeness (QED) is 0.0162. The van der Waals surface area contributed by atoms with Crippen LogP contribution in [0.1, 0.15) is 82.9 Å². The van der Waals surface area contributed by atoms with Gasteiger partial charge in [0, 0.05) is 50.8 Å². The van der Waals surface area contributed by atoms with Crippen LogP contribution in [0.15, 0.2) is 96.0 Å². The van der Waals surface area contributed by atoms with Crippen LogP contribution in [0.4, 0.5) is 0 Å². The zero-order chi connectivity index (χ0) is 68.1. The van der Waals surface area contributed by atoms with E-state index >= 15 is 4.79 Å². The number of nitrogens with two attached hydrogens (primary N) is 3. The summed E-state index contributed by atoms with van der Waals surface area (Å²) in [5.74, 6) is -10.9. The van der Waals surface area contributed by atoms with Crippen molar-refractivity contribution in [2.45, 2.75) is 146 Å². The summed E-state index contributed by atoms with van der Waals surface area (Å²) < 4.78 is 0. The Bertz CT molecular complexity index is 3400. The van der Waals surface area contributed by atoms with E-state index in [1.54, 1.807) is 50.2 Å². The highest BCUT2D eigenvalue weighted by molar-refractivity contribution is 6.30. The van der Waals surface area contributed by atoms with Crippen molar-refractivity contribution < 1.29 is 67.7 Å². The van der Waals surface area contributed by atoms with Crippen molar-refractivity contribution in [1.82, 2.24) is 58.1 Å². The molecule has 0 radical (unpaired) electrons. The van der Waals surface area contributed by atoms with Gasteiger partial charge >= 0.3 is 0 Å². The first-order valence-corrected chi connectivity index (χ1v) is 30.8. The fourth-order valence-corrected chi connectivity index (χ4v) is 10.7. The Labute approximate surface area is 541 Å². The standard InChI is InChI=1S/C63H82ClN15O14/c1-33(2)25-44(55(86)73-43(11-7-23-68-63(66)67)62(93)79-24-8-12-51(79)61(92)70-34(3)53(65)84)74-57(88)47(29-38-13-18-39-9-5-6-10-40(39)26-38)76-56(87)46(28-37-16-21-42(82)22-17-37)77-60(91)50(32-80)78-59(90)49-31-69-54(85)45(27-36-14-19-41(64)20-15-36)75-58(89)48(71-35(4)81)30-52(83)72-49/h5-6,9-10,13-22,26,33-34,43-51,80,82H,7-8,11-12,23-25,27-32H2,1-4H3,(H2,65,84)(H,69,85)(H,70,92)(H,71,81)(H,72,83)(H,73,86)(H,74,88)(H,75,89)(H,76,87)(H,77,91)(H,78,90)(H4,66,67,68)/t34?,43-,44+,45+,46-,47?,48?,49?,50-,51+/m0/s1. The Morgan fingerprint density at radius 1 is 0.688 bits per heavy atom. The summed E-state index contributed by atoms with van der Waals surface area (Å²) in [6.45, 7) is 4.58. The first kappa shape index (κ1) is 72.2. The lowest BCUT2D eigenvalue weighted by Gasteiger charge is -2.31. The van der Waals surface area contributed by atoms with Gasteiger partial charge < -0.3 is 85.5 Å². The highest BCUT2D eigenvalue weighted by Crippen LogP contribution is 2.22. The third-order valence-electron chi connectivity index (χ3n) is 15.4. The normalized spacial score (nSPS) is 18.6. The minimum atomic E-state index is -1.86. The SMILES string of the molecule is CC(=O)NC1CC(=O)NC(C(=O)N[C@@H](CO)C(=O)N[C@@H](Cc2ccc(O)cc2)C(=O)NC(Cc2ccc3ccccc3c2)C(=O)N[C@H](CC(C)C)C(=O)N[C@@H](CCCN=C(N)N)C(=O)N2CCC[C@@H]2C(=O)NC(C)C(N)=O)CNC(=O)[C@@H](Cc2ccc(Cl)cc2)NC1=O. The van der Waals surface area contributed by atoms with Crippen LogP contribution in [-0.2, 0) is 76.8 Å². The highest BCUT2D eigenvalue weighted by Gasteiger charge is 2.40. The smallest absolute Gasteiger partial charge is 0.245 e. The molecule has 4 aromatic rings. The van der Waals surface area contributed by atoms with E-state index in [0.29, 0.717) is 28.1 Å². The van der Waals surface area contributed by atoms with E-state index in [1.807, 2.05) is 30.3 Å². The number of amides is 12. The van der Waals surface area contributed by atoms with Crippen LogP contribution in [0.5, 0.6) is 5.75 Å². The van der Waals surface area contributed by atoms with Crippen molar-refractivity contribution in [3.05, 3.63) is 113 Å². The van der Waals surface area contributed by atoms with Gasteiger partial charge in [0.1, 0.15) is 66.2 Å². The molecule has 0 aromatic heterocycles. The monoisotopic (exact) mass is 1310 g/mol. The molecule has 18 N–H and O–H groups in total. The van der Waals surface area contributed by atoms with Gasteiger partial charge in [-0.05, 0) is 96.7 Å². The van der Waals surface area contributed by atoms with Crippen LogP contribution < -0.4 is 70.4 Å². The molecular formula is C63H82ClN15O14. The van der Waals surface area contributed by atoms with Crippen molar-refractivity contribution in [2.75, 3.05) is 26.2 Å². The van der Waals surface area contributed by atoms with Gasteiger partial charge in [-0.2, -0.15) is 0 Å². The number of carbonyl (C=O) groups is 12. The van der Waals surface area contributed by atoms with E-state index in [2.05, 4.69) is 58.2 Å². The average molecular weight is 1310 g/mol. The van der Waals surface area contributed by atoms with Crippen molar-refractivity contribution in [3.63, 3.8) is 0 Å². The molecule has 2 aliphatic heterocycles. The number of aliphatic imine (C=N–C) groups is 1. The van der Waals surface area contributed by atoms with Crippen molar-refractivity contribution in [2.24, 2.45) is 28.1 Å². The lowest BCUT2D eigenvalue weighted by Crippen LogP contribution is -2.61. The minimum absolute atomic E-state index is 0.00685. The second kappa shape index (κ2) is 34.5. The molecule has 0 spiro atoms. The molecule has 10 atom stereocenters. The second-order valence-electron chi connectivity index (χ2n) is 23.4. The Balaban J connectivity index is 1.27. The summed E-state index contributed by atoms with van der Waals surface area (Å²) in [5, 5.41) is 48.5. The number of aliphatic hydroxyl groups excluding tert-OH is 1. The number of likely N-dealkylation sites (tertiary alicyclic amines) is 1. The number of primary amides is 1. The number of benzene rings is 4. The predicted molar refractivity (Wildman–Crippen MR) is 341 cm³/mol. The molecule has 12 amide bonds. The molecule has 0 saturated carbocycles. The Morgan fingerprint density at radius 2 is 1.28 bits per heavy atom. The van der Waals surface area contributed by atoms with Crippen molar-refractivity contribution in [1.29, 1.82) is 0 Å². The van der Waals surface area contributed by atoms with Gasteiger partial charge in [0.2, 0.25) is 70.9 Å². The predicted octanol–water partition coefficient (Wildman–Crippen LogP) is -2.28. The second-order valence-corrected chi connectivity index (χ2v) is 23.8. The molecule has 6 rings (SSSR count). The zero-order valence-electron chi connectivity index (χ0n) is 52.0. The van der Waals surface area contributed by atoms with E-state index in [9.17, 15) is 63.0 Å². The highest BCUT2D eigenvalue weighted by atomic mass is 35.5. The number of guanidine groups is 1. The molecule has 2 heterocycles. The summed E-state index contributed by atoms with van der Waals surface area (Å²) in [7, 11) is 0. The molecule has 0 bridgehead atoms. The number of fused-ring (bicyclic) bond motifs is 1. The first-order chi connectivity index (χ1) is 44.2. The Morgan fingerprint density at radius 3 is 1.90 bits per heavy atom. The number of rotatable bonds is 28. The van der Waals surface area contributed by atoms with Crippen LogP contribution in [0.25, 0.3) is 10.8 Å². The maximum absolute atomic E-state index is 15.0. The topological polar surface area (TPSA) is 459 Å². The van der Waals surface area contributed by atoms with E-state index in [-0.39, 0.29) is 75.7 Å². The molecule has 4 aromatic carbocycles. The Kier molecular flexibility index (Phi) is 26.8. The van der Waals surface area contributed by atoms with Crippen molar-refractivity contribution >= 4 is 99.2 Å². The fourth-order valence-electron chi connectivity index (χ4n) is 10.6. The average Bonchev–Trinajstić information content (AvgIpc) is 1.90. The number of carbonyl (C=O) groups excluding carboxylic acids is 12. The molecule has 0 aliphatic carbocycles. The Hall–Kier alpha value is -9.90. The maximum atomic E-state index is 15.0. The van der Waals surface area contributed by atoms with E-state index in [0.717, 1.165) is 17.7 Å². The summed E-state index contributed by atoms with van der Waals surface area (Å²) >= 11 is 6.06. The van der Waals surface area contributed by atoms with E-state index in [4.69, 9.17) is 28.8 Å². The number of phenolic OH excluding ortho intramolecular Hbond substituents is 1. The molecule has 2 aliphatic rings. The zero-order valence-corrected chi connectivity index (χ0v) is 52.8. The molecule has 500 valence electrons. The fraction of sp³-hybridized carbons (Fsp3) is 0.444. The molecule has 29 nitrogen and oxygen atoms in total. The number of hydrogen-bond donors (Lipinski definition) is 15. The first-order valence-electron chi connectivity index (χ1n) is 30.4. The third kappa shape index (κ3) is 22.2. The number of nitrogens with zero attached hydrogens (tertiary/aromatic N) is 2. The maximum Gasteiger partial charge on any atom is 0.245 e. The molecule has 4 unspecified atom stereocenters. The third-order valence-corrected chi connectivity index (χ3v) is 15.7. The van der Waals surface area contributed by atoms with Gasteiger partial charge in [0.05, 0.1) is 13.0 Å². The minimum Gasteiger partial charge on any atom is -0.508 e. The number of phenols is 1. The molecule has 30 heteroatoms. The van der Waals surface area contributed by atoms with Crippen molar-refractivity contribution in [3.8, 4) is 5.75 Å². The molecule has 2 fully saturated rings. The largest absolute Gasteiger partial charge is 0.508 e. The van der Waals surface area contributed by atoms with Gasteiger partial charge in [-0.1, -0.05) is 92.2 Å². The van der Waals surface area contributed by atoms with Gasteiger partial charge in [-0.15, -0.1) is 0 Å². The number of halogens is 1. The van der Waals surface area contributed by atoms with Crippen LogP contribution in [0, 0.1) is 5.92 Å². The van der Waals surface area contributed by atoms with Gasteiger partial charge in [0.15, 0.2) is 5.96 Å². The number of hydrogen-bond acceptors (Lipinski definition) is 15.